The van der Waals surface area contributed by atoms with Crippen LogP contribution in [0.25, 0.3) is 22.3 Å². The zero-order chi connectivity index (χ0) is 14.7. The van der Waals surface area contributed by atoms with Crippen molar-refractivity contribution < 1.29 is 5.11 Å². The second kappa shape index (κ2) is 5.94. The van der Waals surface area contributed by atoms with E-state index in [1.54, 1.807) is 0 Å². The van der Waals surface area contributed by atoms with Gasteiger partial charge in [0.2, 0.25) is 0 Å². The minimum Gasteiger partial charge on any atom is -0.392 e. The maximum atomic E-state index is 9.58. The minimum absolute atomic E-state index is 0.0540. The fourth-order valence-corrected chi connectivity index (χ4v) is 2.62. The van der Waals surface area contributed by atoms with E-state index in [1.807, 2.05) is 24.3 Å². The molecule has 0 heterocycles. The molecule has 0 aromatic heterocycles. The summed E-state index contributed by atoms with van der Waals surface area (Å²) in [6, 6.07) is 24.9. The molecule has 3 rings (SSSR count). The summed E-state index contributed by atoms with van der Waals surface area (Å²) in [5.74, 6) is 0. The summed E-state index contributed by atoms with van der Waals surface area (Å²) < 4.78 is 0. The number of aliphatic hydroxyl groups is 1. The van der Waals surface area contributed by atoms with E-state index in [9.17, 15) is 5.11 Å². The van der Waals surface area contributed by atoms with E-state index in [0.717, 1.165) is 16.7 Å². The quantitative estimate of drug-likeness (QED) is 0.726. The van der Waals surface area contributed by atoms with Crippen molar-refractivity contribution in [3.8, 4) is 22.3 Å². The first-order valence-electron chi connectivity index (χ1n) is 7.15. The average molecular weight is 274 g/mol. The SMILES string of the molecule is Cc1ccc(-c2ccccc2-c2ccccc2CO)cc1. The van der Waals surface area contributed by atoms with Crippen LogP contribution in [0.1, 0.15) is 11.1 Å². The van der Waals surface area contributed by atoms with Crippen LogP contribution in [0.3, 0.4) is 0 Å². The predicted molar refractivity (Wildman–Crippen MR) is 88.0 cm³/mol. The van der Waals surface area contributed by atoms with Crippen molar-refractivity contribution >= 4 is 0 Å². The number of benzene rings is 3. The predicted octanol–water partition coefficient (Wildman–Crippen LogP) is 4.82. The van der Waals surface area contributed by atoms with Gasteiger partial charge < -0.3 is 5.11 Å². The Morgan fingerprint density at radius 3 is 1.90 bits per heavy atom. The molecule has 0 spiro atoms. The third kappa shape index (κ3) is 2.74. The first-order valence-corrected chi connectivity index (χ1v) is 7.15. The normalized spacial score (nSPS) is 10.6. The number of rotatable bonds is 3. The highest BCUT2D eigenvalue weighted by atomic mass is 16.3. The second-order valence-electron chi connectivity index (χ2n) is 5.23. The van der Waals surface area contributed by atoms with Crippen molar-refractivity contribution in [2.75, 3.05) is 0 Å². The van der Waals surface area contributed by atoms with E-state index in [2.05, 4.69) is 55.5 Å². The summed E-state index contributed by atoms with van der Waals surface area (Å²) in [5, 5.41) is 9.58. The van der Waals surface area contributed by atoms with Gasteiger partial charge in [-0.1, -0.05) is 78.4 Å². The van der Waals surface area contributed by atoms with Crippen LogP contribution < -0.4 is 0 Å². The number of aryl methyl sites for hydroxylation is 1. The van der Waals surface area contributed by atoms with Gasteiger partial charge in [0.05, 0.1) is 6.61 Å². The maximum Gasteiger partial charge on any atom is 0.0687 e. The van der Waals surface area contributed by atoms with Gasteiger partial charge in [0.25, 0.3) is 0 Å². The molecule has 0 bridgehead atoms. The molecule has 0 aliphatic rings. The van der Waals surface area contributed by atoms with Crippen LogP contribution >= 0.6 is 0 Å². The highest BCUT2D eigenvalue weighted by molar-refractivity contribution is 5.84. The van der Waals surface area contributed by atoms with E-state index in [4.69, 9.17) is 0 Å². The lowest BCUT2D eigenvalue weighted by Gasteiger charge is -2.13. The van der Waals surface area contributed by atoms with E-state index >= 15 is 0 Å². The van der Waals surface area contributed by atoms with Crippen LogP contribution in [0.4, 0.5) is 0 Å². The van der Waals surface area contributed by atoms with Gasteiger partial charge in [0.15, 0.2) is 0 Å². The highest BCUT2D eigenvalue weighted by Crippen LogP contribution is 2.33. The standard InChI is InChI=1S/C20H18O/c1-15-10-12-16(13-11-15)18-7-4-5-9-20(18)19-8-3-2-6-17(19)14-21/h2-13,21H,14H2,1H3. The molecule has 3 aromatic rings. The van der Waals surface area contributed by atoms with Crippen molar-refractivity contribution in [1.82, 2.24) is 0 Å². The Hall–Kier alpha value is -2.38. The van der Waals surface area contributed by atoms with Crippen molar-refractivity contribution in [3.63, 3.8) is 0 Å². The van der Waals surface area contributed by atoms with Crippen molar-refractivity contribution in [2.24, 2.45) is 0 Å². The zero-order valence-electron chi connectivity index (χ0n) is 12.1. The molecule has 3 aromatic carbocycles. The molecular weight excluding hydrogens is 256 g/mol. The summed E-state index contributed by atoms with van der Waals surface area (Å²) in [6.07, 6.45) is 0. The van der Waals surface area contributed by atoms with Gasteiger partial charge in [-0.3, -0.25) is 0 Å². The Morgan fingerprint density at radius 1 is 0.667 bits per heavy atom. The maximum absolute atomic E-state index is 9.58. The van der Waals surface area contributed by atoms with Gasteiger partial charge in [0.1, 0.15) is 0 Å². The van der Waals surface area contributed by atoms with Gasteiger partial charge in [-0.25, -0.2) is 0 Å². The van der Waals surface area contributed by atoms with Crippen LogP contribution in [0.15, 0.2) is 72.8 Å². The molecule has 1 N–H and O–H groups in total. The lowest BCUT2D eigenvalue weighted by atomic mass is 9.92. The molecule has 0 atom stereocenters. The molecule has 1 nitrogen and oxygen atoms in total. The number of aliphatic hydroxyl groups excluding tert-OH is 1. The van der Waals surface area contributed by atoms with Gasteiger partial charge in [-0.15, -0.1) is 0 Å². The molecular formula is C20H18O. The van der Waals surface area contributed by atoms with Crippen LogP contribution in [-0.2, 0) is 6.61 Å². The Labute approximate surface area is 125 Å². The van der Waals surface area contributed by atoms with Crippen molar-refractivity contribution in [3.05, 3.63) is 83.9 Å². The van der Waals surface area contributed by atoms with Crippen LogP contribution in [0, 0.1) is 6.92 Å². The molecule has 0 unspecified atom stereocenters. The molecule has 0 saturated carbocycles. The summed E-state index contributed by atoms with van der Waals surface area (Å²) in [7, 11) is 0. The van der Waals surface area contributed by atoms with Crippen molar-refractivity contribution in [2.45, 2.75) is 13.5 Å². The van der Waals surface area contributed by atoms with Gasteiger partial charge in [-0.05, 0) is 34.7 Å². The van der Waals surface area contributed by atoms with Crippen LogP contribution in [-0.4, -0.2) is 5.11 Å². The van der Waals surface area contributed by atoms with E-state index in [0.29, 0.717) is 0 Å². The lowest BCUT2D eigenvalue weighted by molar-refractivity contribution is 0.282. The fourth-order valence-electron chi connectivity index (χ4n) is 2.62. The van der Waals surface area contributed by atoms with Crippen molar-refractivity contribution in [1.29, 1.82) is 0 Å². The Morgan fingerprint density at radius 2 is 1.24 bits per heavy atom. The largest absolute Gasteiger partial charge is 0.392 e. The number of hydrogen-bond acceptors (Lipinski definition) is 1. The smallest absolute Gasteiger partial charge is 0.0687 e. The van der Waals surface area contributed by atoms with Gasteiger partial charge in [-0.2, -0.15) is 0 Å². The first kappa shape index (κ1) is 13.6. The molecule has 0 amide bonds. The molecule has 0 aliphatic heterocycles. The molecule has 104 valence electrons. The summed E-state index contributed by atoms with van der Waals surface area (Å²) >= 11 is 0. The minimum atomic E-state index is 0.0540. The molecule has 0 radical (unpaired) electrons. The number of hydrogen-bond donors (Lipinski definition) is 1. The summed E-state index contributed by atoms with van der Waals surface area (Å²) in [4.78, 5) is 0. The average Bonchev–Trinajstić information content (AvgIpc) is 2.55. The molecule has 1 heteroatoms. The molecule has 0 aliphatic carbocycles. The first-order chi connectivity index (χ1) is 10.3. The Balaban J connectivity index is 2.18. The van der Waals surface area contributed by atoms with Gasteiger partial charge in [0, 0.05) is 0 Å². The Kier molecular flexibility index (Phi) is 3.85. The lowest BCUT2D eigenvalue weighted by Crippen LogP contribution is -1.91. The third-order valence-electron chi connectivity index (χ3n) is 3.77. The van der Waals surface area contributed by atoms with Crippen LogP contribution in [0.5, 0.6) is 0 Å². The van der Waals surface area contributed by atoms with Crippen LogP contribution in [0.2, 0.25) is 0 Å². The fraction of sp³-hybridized carbons (Fsp3) is 0.100. The van der Waals surface area contributed by atoms with E-state index in [-0.39, 0.29) is 6.61 Å². The molecule has 0 saturated heterocycles. The Bertz CT molecular complexity index is 742. The van der Waals surface area contributed by atoms with E-state index in [1.165, 1.54) is 16.7 Å². The topological polar surface area (TPSA) is 20.2 Å². The monoisotopic (exact) mass is 274 g/mol. The zero-order valence-corrected chi connectivity index (χ0v) is 12.1. The highest BCUT2D eigenvalue weighted by Gasteiger charge is 2.09. The third-order valence-corrected chi connectivity index (χ3v) is 3.77. The molecule has 0 fully saturated rings. The summed E-state index contributed by atoms with van der Waals surface area (Å²) in [6.45, 7) is 2.15. The molecule has 21 heavy (non-hydrogen) atoms. The van der Waals surface area contributed by atoms with E-state index < -0.39 is 0 Å². The second-order valence-corrected chi connectivity index (χ2v) is 5.23. The summed E-state index contributed by atoms with van der Waals surface area (Å²) in [5.41, 5.74) is 6.86. The van der Waals surface area contributed by atoms with Gasteiger partial charge >= 0.3 is 0 Å².